The SMILES string of the molecule is CCCCC1C(/C=C/C(C)=C/C(=O)O)OC2(CCC(C)C(C/C=C(C)/C=C/C(O)C(C)/C=C/C(=O)O)O2)CC1OC(=O)CCC(=O)O. The first-order chi connectivity index (χ1) is 22.1. The number of hydrogen-bond donors (Lipinski definition) is 4. The number of aliphatic hydroxyl groups excluding tert-OH is 1. The largest absolute Gasteiger partial charge is 0.481 e. The Morgan fingerprint density at radius 3 is 2.34 bits per heavy atom. The minimum Gasteiger partial charge on any atom is -0.481 e. The summed E-state index contributed by atoms with van der Waals surface area (Å²) in [6.07, 6.45) is 14.3. The molecule has 2 heterocycles. The van der Waals surface area contributed by atoms with E-state index in [1.54, 1.807) is 38.2 Å². The fourth-order valence-electron chi connectivity index (χ4n) is 5.83. The van der Waals surface area contributed by atoms with Crippen LogP contribution in [0.5, 0.6) is 0 Å². The van der Waals surface area contributed by atoms with E-state index < -0.39 is 48.0 Å². The van der Waals surface area contributed by atoms with Gasteiger partial charge in [0.25, 0.3) is 0 Å². The van der Waals surface area contributed by atoms with Crippen molar-refractivity contribution >= 4 is 23.9 Å². The molecule has 2 fully saturated rings. The number of carbonyl (C=O) groups is 4. The number of aliphatic hydroxyl groups is 1. The van der Waals surface area contributed by atoms with Crippen LogP contribution in [0.25, 0.3) is 0 Å². The average molecular weight is 661 g/mol. The Bertz CT molecular complexity index is 1230. The van der Waals surface area contributed by atoms with E-state index in [0.717, 1.165) is 37.0 Å². The third kappa shape index (κ3) is 14.0. The van der Waals surface area contributed by atoms with E-state index in [1.165, 1.54) is 6.08 Å². The summed E-state index contributed by atoms with van der Waals surface area (Å²) < 4.78 is 19.4. The second-order valence-electron chi connectivity index (χ2n) is 12.8. The molecule has 0 amide bonds. The molecule has 0 aliphatic carbocycles. The van der Waals surface area contributed by atoms with Crippen LogP contribution in [0.3, 0.4) is 0 Å². The normalized spacial score (nSPS) is 28.6. The molecule has 8 unspecified atom stereocenters. The second-order valence-corrected chi connectivity index (χ2v) is 12.8. The third-order valence-corrected chi connectivity index (χ3v) is 8.67. The quantitative estimate of drug-likeness (QED) is 0.0819. The van der Waals surface area contributed by atoms with Gasteiger partial charge in [0.05, 0.1) is 31.2 Å². The molecule has 4 N–H and O–H groups in total. The number of ether oxygens (including phenoxy) is 3. The standard InChI is InChI=1S/C36H52O11/c1-6-7-8-27-30(15-11-24(3)21-34(42)43)47-36(22-31(27)45-35(44)18-17-33(40)41)20-19-26(5)29(46-36)14-10-23(2)9-13-28(37)25(4)12-16-32(38)39/h9-13,15-16,21,25-31,37H,6-8,14,17-20,22H2,1-5H3,(H,38,39)(H,40,41)(H,42,43)/b13-9+,15-11+,16-12+,23-10+,24-21+. The first-order valence-electron chi connectivity index (χ1n) is 16.4. The summed E-state index contributed by atoms with van der Waals surface area (Å²) in [4.78, 5) is 45.9. The lowest BCUT2D eigenvalue weighted by atomic mass is 9.79. The zero-order chi connectivity index (χ0) is 35.1. The summed E-state index contributed by atoms with van der Waals surface area (Å²) in [5.41, 5.74) is 1.41. The van der Waals surface area contributed by atoms with Crippen molar-refractivity contribution in [1.82, 2.24) is 0 Å². The predicted molar refractivity (Wildman–Crippen MR) is 175 cm³/mol. The Labute approximate surface area is 277 Å². The lowest BCUT2D eigenvalue weighted by Gasteiger charge is -2.51. The van der Waals surface area contributed by atoms with Crippen molar-refractivity contribution in [3.63, 3.8) is 0 Å². The van der Waals surface area contributed by atoms with E-state index in [4.69, 9.17) is 24.4 Å². The number of unbranched alkanes of at least 4 members (excludes halogenated alkanes) is 1. The summed E-state index contributed by atoms with van der Waals surface area (Å²) in [5, 5.41) is 37.5. The highest BCUT2D eigenvalue weighted by molar-refractivity contribution is 5.81. The highest BCUT2D eigenvalue weighted by Gasteiger charge is 2.51. The molecule has 0 saturated carbocycles. The Morgan fingerprint density at radius 2 is 1.70 bits per heavy atom. The van der Waals surface area contributed by atoms with Crippen molar-refractivity contribution < 1.29 is 53.8 Å². The summed E-state index contributed by atoms with van der Waals surface area (Å²) in [6, 6.07) is 0. The van der Waals surface area contributed by atoms with Crippen molar-refractivity contribution in [2.24, 2.45) is 17.8 Å². The highest BCUT2D eigenvalue weighted by Crippen LogP contribution is 2.46. The van der Waals surface area contributed by atoms with E-state index in [0.29, 0.717) is 24.8 Å². The van der Waals surface area contributed by atoms with Crippen LogP contribution in [0.2, 0.25) is 0 Å². The Hall–Kier alpha value is -3.54. The Balaban J connectivity index is 2.33. The first-order valence-corrected chi connectivity index (χ1v) is 16.4. The molecular weight excluding hydrogens is 608 g/mol. The van der Waals surface area contributed by atoms with Gasteiger partial charge in [0, 0.05) is 36.8 Å². The van der Waals surface area contributed by atoms with Gasteiger partial charge in [-0.1, -0.05) is 75.6 Å². The van der Waals surface area contributed by atoms with E-state index >= 15 is 0 Å². The molecule has 2 rings (SSSR count). The lowest BCUT2D eigenvalue weighted by molar-refractivity contribution is -0.339. The van der Waals surface area contributed by atoms with Crippen LogP contribution in [-0.2, 0) is 33.4 Å². The van der Waals surface area contributed by atoms with Crippen LogP contribution < -0.4 is 0 Å². The van der Waals surface area contributed by atoms with Crippen molar-refractivity contribution in [2.75, 3.05) is 0 Å². The fourth-order valence-corrected chi connectivity index (χ4v) is 5.83. The molecule has 11 heteroatoms. The van der Waals surface area contributed by atoms with Gasteiger partial charge >= 0.3 is 23.9 Å². The van der Waals surface area contributed by atoms with Crippen LogP contribution in [-0.4, -0.2) is 74.5 Å². The molecule has 2 aliphatic rings. The number of allylic oxidation sites excluding steroid dienone is 4. The molecule has 0 radical (unpaired) electrons. The molecule has 8 atom stereocenters. The maximum Gasteiger partial charge on any atom is 0.328 e. The van der Waals surface area contributed by atoms with E-state index in [-0.39, 0.29) is 43.1 Å². The molecule has 2 saturated heterocycles. The van der Waals surface area contributed by atoms with E-state index in [2.05, 4.69) is 13.8 Å². The fraction of sp³-hybridized carbons (Fsp3) is 0.611. The number of carboxylic acids is 3. The van der Waals surface area contributed by atoms with Gasteiger partial charge in [-0.25, -0.2) is 9.59 Å². The van der Waals surface area contributed by atoms with Gasteiger partial charge in [0.15, 0.2) is 5.79 Å². The summed E-state index contributed by atoms with van der Waals surface area (Å²) in [6.45, 7) is 9.47. The molecule has 0 aromatic carbocycles. The summed E-state index contributed by atoms with van der Waals surface area (Å²) in [7, 11) is 0. The van der Waals surface area contributed by atoms with E-state index in [9.17, 15) is 29.4 Å². The van der Waals surface area contributed by atoms with Crippen LogP contribution in [0.1, 0.15) is 92.4 Å². The number of aliphatic carboxylic acids is 3. The molecule has 0 aromatic heterocycles. The van der Waals surface area contributed by atoms with Gasteiger partial charge in [-0.3, -0.25) is 9.59 Å². The van der Waals surface area contributed by atoms with Crippen molar-refractivity contribution in [3.8, 4) is 0 Å². The molecule has 1 spiro atoms. The van der Waals surface area contributed by atoms with Crippen LogP contribution in [0.4, 0.5) is 0 Å². The minimum absolute atomic E-state index is 0.188. The molecule has 47 heavy (non-hydrogen) atoms. The van der Waals surface area contributed by atoms with Gasteiger partial charge in [-0.15, -0.1) is 0 Å². The zero-order valence-corrected chi connectivity index (χ0v) is 28.2. The highest BCUT2D eigenvalue weighted by atomic mass is 16.7. The number of carbonyl (C=O) groups excluding carboxylic acids is 1. The Morgan fingerprint density at radius 1 is 0.979 bits per heavy atom. The predicted octanol–water partition coefficient (Wildman–Crippen LogP) is 5.99. The first kappa shape index (κ1) is 39.6. The van der Waals surface area contributed by atoms with Crippen molar-refractivity contribution in [1.29, 1.82) is 0 Å². The molecule has 262 valence electrons. The van der Waals surface area contributed by atoms with Crippen molar-refractivity contribution in [3.05, 3.63) is 59.8 Å². The maximum atomic E-state index is 12.8. The van der Waals surface area contributed by atoms with Gasteiger partial charge < -0.3 is 34.6 Å². The van der Waals surface area contributed by atoms with E-state index in [1.807, 2.05) is 13.0 Å². The van der Waals surface area contributed by atoms with Gasteiger partial charge in [0.2, 0.25) is 0 Å². The summed E-state index contributed by atoms with van der Waals surface area (Å²) >= 11 is 0. The average Bonchev–Trinajstić information content (AvgIpc) is 3.00. The van der Waals surface area contributed by atoms with Gasteiger partial charge in [-0.2, -0.15) is 0 Å². The number of carboxylic acid groups (broad SMARTS) is 3. The van der Waals surface area contributed by atoms with Gasteiger partial charge in [-0.05, 0) is 44.6 Å². The molecule has 11 nitrogen and oxygen atoms in total. The number of esters is 1. The topological polar surface area (TPSA) is 177 Å². The van der Waals surface area contributed by atoms with Crippen LogP contribution >= 0.6 is 0 Å². The number of hydrogen-bond acceptors (Lipinski definition) is 8. The number of rotatable bonds is 17. The third-order valence-electron chi connectivity index (χ3n) is 8.67. The van der Waals surface area contributed by atoms with Crippen LogP contribution in [0, 0.1) is 17.8 Å². The van der Waals surface area contributed by atoms with Gasteiger partial charge in [0.1, 0.15) is 6.10 Å². The van der Waals surface area contributed by atoms with Crippen LogP contribution in [0.15, 0.2) is 59.8 Å². The molecule has 2 aliphatic heterocycles. The Kier molecular flexibility index (Phi) is 16.3. The smallest absolute Gasteiger partial charge is 0.328 e. The monoisotopic (exact) mass is 660 g/mol. The minimum atomic E-state index is -1.08. The maximum absolute atomic E-state index is 12.8. The molecule has 0 aromatic rings. The zero-order valence-electron chi connectivity index (χ0n) is 28.2. The molecule has 0 bridgehead atoms. The summed E-state index contributed by atoms with van der Waals surface area (Å²) in [5.74, 6) is -5.32. The van der Waals surface area contributed by atoms with Crippen molar-refractivity contribution in [2.45, 2.75) is 123 Å². The molecular formula is C36H52O11. The second kappa shape index (κ2) is 19.3. The lowest BCUT2D eigenvalue weighted by Crippen LogP contribution is -2.57.